The molecule has 0 spiro atoms. The monoisotopic (exact) mass is 393 g/mol. The fourth-order valence-electron chi connectivity index (χ4n) is 4.49. The van der Waals surface area contributed by atoms with Crippen LogP contribution in [0.4, 0.5) is 0 Å². The van der Waals surface area contributed by atoms with E-state index in [9.17, 15) is 9.90 Å². The van der Waals surface area contributed by atoms with Crippen molar-refractivity contribution < 1.29 is 19.4 Å². The van der Waals surface area contributed by atoms with Crippen LogP contribution in [0.5, 0.6) is 11.5 Å². The molecule has 152 valence electrons. The molecule has 5 nitrogen and oxygen atoms in total. The zero-order valence-electron chi connectivity index (χ0n) is 17.0. The van der Waals surface area contributed by atoms with Gasteiger partial charge in [0.15, 0.2) is 11.5 Å². The number of hydrogen-bond acceptors (Lipinski definition) is 4. The van der Waals surface area contributed by atoms with Crippen molar-refractivity contribution in [3.63, 3.8) is 0 Å². The Bertz CT molecular complexity index is 933. The third-order valence-electron chi connectivity index (χ3n) is 5.80. The van der Waals surface area contributed by atoms with E-state index in [0.717, 1.165) is 41.2 Å². The van der Waals surface area contributed by atoms with E-state index in [1.807, 2.05) is 26.0 Å². The van der Waals surface area contributed by atoms with Crippen molar-refractivity contribution in [2.75, 3.05) is 13.2 Å². The molecule has 0 saturated heterocycles. The summed E-state index contributed by atoms with van der Waals surface area (Å²) in [4.78, 5) is 16.4. The molecule has 2 aromatic rings. The summed E-state index contributed by atoms with van der Waals surface area (Å²) >= 11 is 0. The van der Waals surface area contributed by atoms with Gasteiger partial charge in [-0.15, -0.1) is 0 Å². The maximum atomic E-state index is 11.2. The second-order valence-electron chi connectivity index (χ2n) is 7.57. The van der Waals surface area contributed by atoms with Crippen LogP contribution in [0, 0.1) is 0 Å². The van der Waals surface area contributed by atoms with Crippen molar-refractivity contribution in [3.05, 3.63) is 58.7 Å². The van der Waals surface area contributed by atoms with Crippen molar-refractivity contribution >= 4 is 11.7 Å². The van der Waals surface area contributed by atoms with Gasteiger partial charge in [-0.25, -0.2) is 4.79 Å². The highest BCUT2D eigenvalue weighted by Gasteiger charge is 2.34. The highest BCUT2D eigenvalue weighted by Crippen LogP contribution is 2.44. The van der Waals surface area contributed by atoms with Crippen LogP contribution in [0.15, 0.2) is 41.4 Å². The predicted octanol–water partition coefficient (Wildman–Crippen LogP) is 5.06. The van der Waals surface area contributed by atoms with Crippen molar-refractivity contribution in [2.24, 2.45) is 4.99 Å². The number of carbonyl (C=O) groups is 1. The highest BCUT2D eigenvalue weighted by atomic mass is 16.5. The van der Waals surface area contributed by atoms with Gasteiger partial charge in [0.25, 0.3) is 0 Å². The van der Waals surface area contributed by atoms with Crippen LogP contribution in [-0.2, 0) is 0 Å². The molecule has 5 heteroatoms. The third kappa shape index (κ3) is 3.74. The summed E-state index contributed by atoms with van der Waals surface area (Å²) < 4.78 is 11.8. The molecule has 0 unspecified atom stereocenters. The number of carboxylic acid groups (broad SMARTS) is 1. The summed E-state index contributed by atoms with van der Waals surface area (Å²) in [5.41, 5.74) is 4.48. The Morgan fingerprint density at radius 1 is 1.03 bits per heavy atom. The number of nitrogens with zero attached hydrogens (tertiary/aromatic N) is 1. The third-order valence-corrected chi connectivity index (χ3v) is 5.80. The molecule has 1 saturated carbocycles. The smallest absolute Gasteiger partial charge is 0.335 e. The minimum absolute atomic E-state index is 0.262. The molecule has 1 N–H and O–H groups in total. The molecule has 0 amide bonds. The average molecular weight is 393 g/mol. The Kier molecular flexibility index (Phi) is 5.56. The zero-order chi connectivity index (χ0) is 20.4. The van der Waals surface area contributed by atoms with E-state index in [2.05, 4.69) is 12.1 Å². The van der Waals surface area contributed by atoms with Gasteiger partial charge in [0.05, 0.1) is 30.5 Å². The molecule has 29 heavy (non-hydrogen) atoms. The van der Waals surface area contributed by atoms with Gasteiger partial charge in [-0.3, -0.25) is 4.99 Å². The predicted molar refractivity (Wildman–Crippen MR) is 113 cm³/mol. The summed E-state index contributed by atoms with van der Waals surface area (Å²) in [6.07, 6.45) is 4.63. The van der Waals surface area contributed by atoms with Gasteiger partial charge < -0.3 is 14.6 Å². The number of ether oxygens (including phenoxy) is 2. The number of aliphatic imine (C=N–C) groups is 1. The second kappa shape index (κ2) is 8.27. The number of fused-ring (bicyclic) bond motifs is 3. The lowest BCUT2D eigenvalue weighted by molar-refractivity contribution is 0.0697. The number of aromatic carboxylic acids is 1. The number of benzene rings is 2. The van der Waals surface area contributed by atoms with Crippen molar-refractivity contribution in [1.29, 1.82) is 0 Å². The fourth-order valence-corrected chi connectivity index (χ4v) is 4.49. The number of rotatable bonds is 6. The fraction of sp³-hybridized carbons (Fsp3) is 0.417. The minimum Gasteiger partial charge on any atom is -0.490 e. The number of carboxylic acids is 1. The molecular weight excluding hydrogens is 366 g/mol. The Hall–Kier alpha value is -2.82. The lowest BCUT2D eigenvalue weighted by Gasteiger charge is -2.36. The molecule has 2 atom stereocenters. The summed E-state index contributed by atoms with van der Waals surface area (Å²) in [5.74, 6) is 1.00. The van der Waals surface area contributed by atoms with E-state index >= 15 is 0 Å². The Morgan fingerprint density at radius 3 is 2.34 bits per heavy atom. The topological polar surface area (TPSA) is 68.1 Å². The summed E-state index contributed by atoms with van der Waals surface area (Å²) in [7, 11) is 0. The summed E-state index contributed by atoms with van der Waals surface area (Å²) in [6, 6.07) is 11.5. The van der Waals surface area contributed by atoms with Crippen molar-refractivity contribution in [3.8, 4) is 11.5 Å². The van der Waals surface area contributed by atoms with Gasteiger partial charge in [-0.1, -0.05) is 25.0 Å². The molecule has 0 aromatic heterocycles. The van der Waals surface area contributed by atoms with Crippen LogP contribution in [0.3, 0.4) is 0 Å². The molecule has 1 aliphatic heterocycles. The molecule has 4 rings (SSSR count). The van der Waals surface area contributed by atoms with Crippen LogP contribution in [0.2, 0.25) is 0 Å². The largest absolute Gasteiger partial charge is 0.490 e. The quantitative estimate of drug-likeness (QED) is 0.745. The second-order valence-corrected chi connectivity index (χ2v) is 7.57. The zero-order valence-corrected chi connectivity index (χ0v) is 17.0. The first-order valence-electron chi connectivity index (χ1n) is 10.5. The Balaban J connectivity index is 1.85. The first-order valence-corrected chi connectivity index (χ1v) is 10.5. The summed E-state index contributed by atoms with van der Waals surface area (Å²) in [5, 5.41) is 9.21. The first-order chi connectivity index (χ1) is 14.1. The van der Waals surface area contributed by atoms with Gasteiger partial charge >= 0.3 is 5.97 Å². The molecular formula is C24H27NO4. The molecule has 2 aromatic carbocycles. The highest BCUT2D eigenvalue weighted by molar-refractivity contribution is 6.15. The maximum absolute atomic E-state index is 11.2. The van der Waals surface area contributed by atoms with Gasteiger partial charge in [-0.05, 0) is 56.5 Å². The van der Waals surface area contributed by atoms with E-state index in [-0.39, 0.29) is 11.6 Å². The lowest BCUT2D eigenvalue weighted by Crippen LogP contribution is -2.29. The van der Waals surface area contributed by atoms with E-state index in [1.54, 1.807) is 12.1 Å². The van der Waals surface area contributed by atoms with Gasteiger partial charge in [-0.2, -0.15) is 0 Å². The molecule has 1 aliphatic carbocycles. The maximum Gasteiger partial charge on any atom is 0.335 e. The number of hydrogen-bond donors (Lipinski definition) is 1. The average Bonchev–Trinajstić information content (AvgIpc) is 2.74. The van der Waals surface area contributed by atoms with Crippen LogP contribution in [0.25, 0.3) is 0 Å². The normalized spacial score (nSPS) is 20.3. The van der Waals surface area contributed by atoms with E-state index in [1.165, 1.54) is 18.4 Å². The van der Waals surface area contributed by atoms with E-state index in [4.69, 9.17) is 14.5 Å². The van der Waals surface area contributed by atoms with Gasteiger partial charge in [0, 0.05) is 17.0 Å². The molecule has 0 radical (unpaired) electrons. The van der Waals surface area contributed by atoms with Crippen LogP contribution in [-0.4, -0.2) is 36.0 Å². The van der Waals surface area contributed by atoms with Gasteiger partial charge in [0.2, 0.25) is 0 Å². The van der Waals surface area contributed by atoms with E-state index in [0.29, 0.717) is 19.1 Å². The van der Waals surface area contributed by atoms with Crippen molar-refractivity contribution in [1.82, 2.24) is 0 Å². The lowest BCUT2D eigenvalue weighted by atomic mass is 9.75. The Labute approximate surface area is 171 Å². The molecule has 2 aliphatic rings. The minimum atomic E-state index is -0.921. The molecule has 1 heterocycles. The first kappa shape index (κ1) is 19.5. The van der Waals surface area contributed by atoms with E-state index < -0.39 is 5.97 Å². The van der Waals surface area contributed by atoms with Crippen LogP contribution < -0.4 is 9.47 Å². The van der Waals surface area contributed by atoms with Gasteiger partial charge in [0.1, 0.15) is 0 Å². The van der Waals surface area contributed by atoms with Crippen molar-refractivity contribution in [2.45, 2.75) is 51.5 Å². The SMILES string of the molecule is CCOc1cc2c(cc1OCC)[C@H]1CCCC[C@H]1N=C2c1ccc(C(=O)O)cc1. The van der Waals surface area contributed by atoms with Crippen LogP contribution in [0.1, 0.15) is 72.5 Å². The van der Waals surface area contributed by atoms with Crippen LogP contribution >= 0.6 is 0 Å². The standard InChI is InChI=1S/C24H27NO4/c1-3-28-21-13-18-17-7-5-6-8-20(17)25-23(19(18)14-22(21)29-4-2)15-9-11-16(12-10-15)24(26)27/h9-14,17,20H,3-8H2,1-2H3,(H,26,27)/t17-,20-/m1/s1. The summed E-state index contributed by atoms with van der Waals surface area (Å²) in [6.45, 7) is 5.09. The Morgan fingerprint density at radius 2 is 1.69 bits per heavy atom. The molecule has 0 bridgehead atoms. The molecule has 1 fully saturated rings.